The van der Waals surface area contributed by atoms with E-state index in [4.69, 9.17) is 19.5 Å². The van der Waals surface area contributed by atoms with Gasteiger partial charge in [0.2, 0.25) is 11.8 Å². The van der Waals surface area contributed by atoms with Crippen molar-refractivity contribution < 1.29 is 80.5 Å². The first-order valence-corrected chi connectivity index (χ1v) is 21.7. The molecule has 0 radical (unpaired) electrons. The van der Waals surface area contributed by atoms with E-state index in [0.29, 0.717) is 18.6 Å². The fraction of sp³-hybridized carbons (Fsp3) is 0.630. The largest absolute Gasteiger partial charge is 0.481 e. The number of ether oxygens (including phenoxy) is 1. The van der Waals surface area contributed by atoms with Crippen molar-refractivity contribution in [3.05, 3.63) is 24.8 Å². The number of aliphatic hydroxyl groups is 2. The van der Waals surface area contributed by atoms with Crippen LogP contribution in [-0.2, 0) is 50.7 Å². The first-order valence-electron chi connectivity index (χ1n) is 16.2. The number of aliphatic hydroxyl groups excluding tert-OH is 2. The van der Waals surface area contributed by atoms with E-state index in [1.54, 1.807) is 0 Å². The molecule has 3 rings (SSSR count). The fourth-order valence-electron chi connectivity index (χ4n) is 4.74. The zero-order valence-electron chi connectivity index (χ0n) is 29.6. The van der Waals surface area contributed by atoms with E-state index in [1.807, 2.05) is 19.1 Å². The Hall–Kier alpha value is -2.70. The Morgan fingerprint density at radius 2 is 1.76 bits per heavy atom. The zero-order chi connectivity index (χ0) is 41.2. The van der Waals surface area contributed by atoms with Crippen molar-refractivity contribution in [3.63, 3.8) is 0 Å². The standard InChI is InChI=1S/C27H44N7O17P3S/c1-4-5-6-7-18(36)55-11-10-29-17(35)8-9-30-25(39)22(38)27(2,3)13-48-54(45,46)51-53(43,44)47-12-16-21(50-52(40,41)42)20(37)26(49-16)34-15-33-19-23(28)31-14-32-24(19)34/h4-5,14-16,20-22,26,37-38H,6-13H2,1-3H3,(H,29,35)(H,30,39)(H,43,44)(H,45,46)(H2,28,31,32)(H2,40,41,42)/b5-4+. The van der Waals surface area contributed by atoms with Crippen LogP contribution in [0.25, 0.3) is 11.2 Å². The highest BCUT2D eigenvalue weighted by Gasteiger charge is 2.50. The molecule has 1 saturated heterocycles. The highest BCUT2D eigenvalue weighted by molar-refractivity contribution is 8.13. The molecule has 310 valence electrons. The van der Waals surface area contributed by atoms with Crippen LogP contribution in [0.3, 0.4) is 0 Å². The summed E-state index contributed by atoms with van der Waals surface area (Å²) in [5.74, 6) is -1.08. The van der Waals surface area contributed by atoms with E-state index in [2.05, 4.69) is 34.4 Å². The normalized spacial score (nSPS) is 22.0. The maximum absolute atomic E-state index is 12.7. The van der Waals surface area contributed by atoms with Gasteiger partial charge in [-0.15, -0.1) is 0 Å². The van der Waals surface area contributed by atoms with Gasteiger partial charge in [-0.25, -0.2) is 28.6 Å². The summed E-state index contributed by atoms with van der Waals surface area (Å²) >= 11 is 1.09. The number of imidazole rings is 1. The number of carbonyl (C=O) groups is 3. The molecule has 1 fully saturated rings. The van der Waals surface area contributed by atoms with Crippen molar-refractivity contribution in [2.45, 2.75) is 70.7 Å². The second-order valence-electron chi connectivity index (χ2n) is 12.4. The average Bonchev–Trinajstić information content (AvgIpc) is 3.64. The van der Waals surface area contributed by atoms with Gasteiger partial charge in [0.15, 0.2) is 22.8 Å². The number of carbonyl (C=O) groups excluding carboxylic acids is 3. The topological polar surface area (TPSA) is 364 Å². The number of amides is 2. The number of nitrogens with one attached hydrogen (secondary N) is 2. The summed E-state index contributed by atoms with van der Waals surface area (Å²) in [7, 11) is -16.4. The smallest absolute Gasteiger partial charge is 0.386 e. The maximum Gasteiger partial charge on any atom is 0.481 e. The summed E-state index contributed by atoms with van der Waals surface area (Å²) in [6.45, 7) is 2.37. The number of allylic oxidation sites excluding steroid dienone is 2. The van der Waals surface area contributed by atoms with Gasteiger partial charge in [0, 0.05) is 37.1 Å². The molecule has 0 spiro atoms. The number of nitrogen functional groups attached to an aromatic ring is 1. The predicted octanol–water partition coefficient (Wildman–Crippen LogP) is 0.0210. The third-order valence-corrected chi connectivity index (χ3v) is 11.5. The Bertz CT molecular complexity index is 1830. The molecule has 2 aromatic heterocycles. The SMILES string of the molecule is C/C=C/CCC(=O)SCCNC(=O)CCNC(=O)C(O)C(C)(C)COP(=O)(O)OP(=O)(O)OCC1OC(n2cnc3c(N)ncnc32)C(O)C1OP(=O)(O)O. The van der Waals surface area contributed by atoms with Crippen LogP contribution in [-0.4, -0.2) is 123 Å². The molecule has 24 nitrogen and oxygen atoms in total. The molecule has 1 aliphatic heterocycles. The lowest BCUT2D eigenvalue weighted by atomic mass is 9.87. The van der Waals surface area contributed by atoms with E-state index in [1.165, 1.54) is 13.8 Å². The fourth-order valence-corrected chi connectivity index (χ4v) is 8.26. The van der Waals surface area contributed by atoms with Crippen molar-refractivity contribution >= 4 is 69.1 Å². The van der Waals surface area contributed by atoms with E-state index in [-0.39, 0.29) is 41.6 Å². The number of phosphoric ester groups is 3. The molecule has 55 heavy (non-hydrogen) atoms. The molecule has 1 aliphatic rings. The second-order valence-corrected chi connectivity index (χ2v) is 17.8. The van der Waals surface area contributed by atoms with Crippen LogP contribution in [0, 0.1) is 5.41 Å². The molecular formula is C27H44N7O17P3S. The summed E-state index contributed by atoms with van der Waals surface area (Å²) in [6, 6.07) is 0. The van der Waals surface area contributed by atoms with Crippen LogP contribution < -0.4 is 16.4 Å². The van der Waals surface area contributed by atoms with Gasteiger partial charge < -0.3 is 50.9 Å². The lowest BCUT2D eigenvalue weighted by molar-refractivity contribution is -0.137. The molecule has 0 aromatic carbocycles. The van der Waals surface area contributed by atoms with Crippen LogP contribution in [0.5, 0.6) is 0 Å². The van der Waals surface area contributed by atoms with Crippen molar-refractivity contribution in [3.8, 4) is 0 Å². The van der Waals surface area contributed by atoms with Crippen LogP contribution in [0.1, 0.15) is 46.3 Å². The van der Waals surface area contributed by atoms with Crippen LogP contribution in [0.2, 0.25) is 0 Å². The minimum Gasteiger partial charge on any atom is -0.386 e. The van der Waals surface area contributed by atoms with Crippen LogP contribution in [0.15, 0.2) is 24.8 Å². The lowest BCUT2D eigenvalue weighted by Gasteiger charge is -2.30. The number of anilines is 1. The summed E-state index contributed by atoms with van der Waals surface area (Å²) < 4.78 is 62.0. The molecule has 0 saturated carbocycles. The van der Waals surface area contributed by atoms with Gasteiger partial charge in [0.1, 0.15) is 36.3 Å². The third-order valence-electron chi connectivity index (χ3n) is 7.52. The molecule has 0 bridgehead atoms. The summed E-state index contributed by atoms with van der Waals surface area (Å²) in [6.07, 6.45) is -2.17. The molecule has 7 atom stereocenters. The number of hydrogen-bond donors (Lipinski definition) is 9. The third kappa shape index (κ3) is 14.6. The van der Waals surface area contributed by atoms with Crippen molar-refractivity contribution in [2.24, 2.45) is 5.41 Å². The van der Waals surface area contributed by atoms with Gasteiger partial charge in [0.25, 0.3) is 0 Å². The first kappa shape index (κ1) is 46.7. The van der Waals surface area contributed by atoms with Crippen molar-refractivity contribution in [1.29, 1.82) is 0 Å². The number of phosphoric acid groups is 3. The quantitative estimate of drug-likeness (QED) is 0.0428. The molecule has 7 unspecified atom stereocenters. The molecule has 0 aliphatic carbocycles. The Morgan fingerprint density at radius 1 is 1.07 bits per heavy atom. The molecule has 10 N–H and O–H groups in total. The average molecular weight is 864 g/mol. The number of thioether (sulfide) groups is 1. The van der Waals surface area contributed by atoms with E-state index >= 15 is 0 Å². The van der Waals surface area contributed by atoms with Crippen LogP contribution in [0.4, 0.5) is 5.82 Å². The number of fused-ring (bicyclic) bond motifs is 1. The van der Waals surface area contributed by atoms with Crippen LogP contribution >= 0.6 is 35.2 Å². The van der Waals surface area contributed by atoms with E-state index in [9.17, 15) is 57.9 Å². The first-order chi connectivity index (χ1) is 25.6. The number of nitrogens with two attached hydrogens (primary N) is 1. The number of aromatic nitrogens is 4. The summed E-state index contributed by atoms with van der Waals surface area (Å²) in [5.41, 5.74) is 4.26. The molecule has 3 heterocycles. The van der Waals surface area contributed by atoms with Gasteiger partial charge in [-0.1, -0.05) is 37.8 Å². The van der Waals surface area contributed by atoms with Gasteiger partial charge in [-0.05, 0) is 13.3 Å². The highest BCUT2D eigenvalue weighted by Crippen LogP contribution is 2.61. The molecule has 2 aromatic rings. The second kappa shape index (κ2) is 20.1. The lowest BCUT2D eigenvalue weighted by Crippen LogP contribution is -2.46. The highest BCUT2D eigenvalue weighted by atomic mass is 32.2. The van der Waals surface area contributed by atoms with Gasteiger partial charge in [-0.3, -0.25) is 32.5 Å². The zero-order valence-corrected chi connectivity index (χ0v) is 33.1. The van der Waals surface area contributed by atoms with Gasteiger partial charge in [0.05, 0.1) is 19.5 Å². The van der Waals surface area contributed by atoms with Crippen molar-refractivity contribution in [1.82, 2.24) is 30.2 Å². The molecular weight excluding hydrogens is 819 g/mol. The number of nitrogens with zero attached hydrogens (tertiary/aromatic N) is 4. The Kier molecular flexibility index (Phi) is 17.1. The summed E-state index contributed by atoms with van der Waals surface area (Å²) in [4.78, 5) is 87.2. The molecule has 28 heteroatoms. The van der Waals surface area contributed by atoms with Gasteiger partial charge in [-0.2, -0.15) is 4.31 Å². The van der Waals surface area contributed by atoms with Crippen molar-refractivity contribution in [2.75, 3.05) is 37.8 Å². The Morgan fingerprint density at radius 3 is 2.44 bits per heavy atom. The monoisotopic (exact) mass is 863 g/mol. The van der Waals surface area contributed by atoms with Gasteiger partial charge >= 0.3 is 23.5 Å². The number of hydrogen-bond acceptors (Lipinski definition) is 18. The predicted molar refractivity (Wildman–Crippen MR) is 191 cm³/mol. The Balaban J connectivity index is 1.49. The van der Waals surface area contributed by atoms with E-state index < -0.39 is 84.6 Å². The minimum atomic E-state index is -5.57. The molecule has 2 amide bonds. The van der Waals surface area contributed by atoms with E-state index in [0.717, 1.165) is 29.0 Å². The number of rotatable bonds is 22. The minimum absolute atomic E-state index is 0.00993. The Labute approximate surface area is 318 Å². The summed E-state index contributed by atoms with van der Waals surface area (Å²) in [5, 5.41) is 26.3. The maximum atomic E-state index is 12.7.